The Morgan fingerprint density at radius 2 is 0.886 bits per heavy atom. The van der Waals surface area contributed by atoms with Crippen molar-refractivity contribution >= 4 is 42.4 Å². The van der Waals surface area contributed by atoms with Gasteiger partial charge in [0.15, 0.2) is 23.2 Å². The molecule has 0 N–H and O–H groups in total. The van der Waals surface area contributed by atoms with Crippen LogP contribution in [-0.2, 0) is 10.1 Å². The Kier molecular flexibility index (Phi) is 6.51. The summed E-state index contributed by atoms with van der Waals surface area (Å²) in [5.41, 5.74) is -4.43. The summed E-state index contributed by atoms with van der Waals surface area (Å²) in [5, 5.41) is 4.47. The smallest absolute Gasteiger partial charge is 0.375 e. The average Bonchev–Trinajstić information content (AvgIpc) is 3.04. The fourth-order valence-electron chi connectivity index (χ4n) is 5.27. The molecular weight excluding hydrogens is 587 g/mol. The molecule has 44 heavy (non-hydrogen) atoms. The summed E-state index contributed by atoms with van der Waals surface area (Å²) in [5.74, 6) is -0.103. The Morgan fingerprint density at radius 1 is 0.500 bits per heavy atom. The summed E-state index contributed by atoms with van der Waals surface area (Å²) in [6, 6.07) is 36.0. The van der Waals surface area contributed by atoms with E-state index in [1.54, 1.807) is 54.6 Å². The van der Waals surface area contributed by atoms with E-state index in [-0.39, 0.29) is 23.0 Å². The van der Waals surface area contributed by atoms with Gasteiger partial charge in [0.2, 0.25) is 0 Å². The maximum atomic E-state index is 13.6. The van der Waals surface area contributed by atoms with Crippen molar-refractivity contribution in [3.05, 3.63) is 121 Å². The third-order valence-electron chi connectivity index (χ3n) is 7.27. The predicted molar refractivity (Wildman–Crippen MR) is 164 cm³/mol. The Balaban J connectivity index is 1.59. The lowest BCUT2D eigenvalue weighted by atomic mass is 9.93. The first-order valence-electron chi connectivity index (χ1n) is 13.4. The molecule has 216 valence electrons. The predicted octanol–water partition coefficient (Wildman–Crippen LogP) is 8.56. The SMILES string of the molecule is O=S(=O)(Oc1cc2c3ccccc3c3ccccc3c2cc1-c1nc(-c2ccccc2)nc(-c2ccccc2)n1)C(F)(F)F. The van der Waals surface area contributed by atoms with Gasteiger partial charge in [-0.2, -0.15) is 21.6 Å². The molecule has 6 aromatic carbocycles. The zero-order valence-electron chi connectivity index (χ0n) is 22.7. The maximum Gasteiger partial charge on any atom is 0.534 e. The molecule has 10 heteroatoms. The average molecular weight is 608 g/mol. The minimum atomic E-state index is -6.04. The van der Waals surface area contributed by atoms with E-state index in [0.29, 0.717) is 27.3 Å². The van der Waals surface area contributed by atoms with Gasteiger partial charge in [-0.05, 0) is 44.5 Å². The van der Waals surface area contributed by atoms with E-state index in [1.165, 1.54) is 6.07 Å². The normalized spacial score (nSPS) is 12.2. The molecular formula is C34H20F3N3O3S. The number of rotatable bonds is 5. The number of halogens is 3. The van der Waals surface area contributed by atoms with E-state index in [4.69, 9.17) is 4.18 Å². The molecule has 0 spiro atoms. The first-order valence-corrected chi connectivity index (χ1v) is 14.9. The quantitative estimate of drug-likeness (QED) is 0.111. The van der Waals surface area contributed by atoms with Gasteiger partial charge in [-0.1, -0.05) is 109 Å². The van der Waals surface area contributed by atoms with E-state index in [1.807, 2.05) is 60.7 Å². The third kappa shape index (κ3) is 4.79. The highest BCUT2D eigenvalue weighted by molar-refractivity contribution is 7.88. The van der Waals surface area contributed by atoms with Crippen molar-refractivity contribution in [3.63, 3.8) is 0 Å². The molecule has 0 atom stereocenters. The highest BCUT2D eigenvalue weighted by Crippen LogP contribution is 2.42. The second kappa shape index (κ2) is 10.4. The molecule has 0 saturated heterocycles. The molecule has 0 aliphatic heterocycles. The number of benzene rings is 6. The molecule has 0 bridgehead atoms. The largest absolute Gasteiger partial charge is 0.534 e. The van der Waals surface area contributed by atoms with Crippen molar-refractivity contribution in [1.82, 2.24) is 15.0 Å². The van der Waals surface area contributed by atoms with Crippen LogP contribution in [0.2, 0.25) is 0 Å². The Bertz CT molecular complexity index is 2260. The monoisotopic (exact) mass is 607 g/mol. The van der Waals surface area contributed by atoms with Crippen LogP contribution in [0.15, 0.2) is 121 Å². The second-order valence-electron chi connectivity index (χ2n) is 10.0. The van der Waals surface area contributed by atoms with Crippen molar-refractivity contribution in [2.75, 3.05) is 0 Å². The molecule has 7 rings (SSSR count). The topological polar surface area (TPSA) is 82.0 Å². The van der Waals surface area contributed by atoms with E-state index in [9.17, 15) is 21.6 Å². The van der Waals surface area contributed by atoms with Crippen LogP contribution in [-0.4, -0.2) is 28.9 Å². The molecule has 7 aromatic rings. The highest BCUT2D eigenvalue weighted by Gasteiger charge is 2.49. The lowest BCUT2D eigenvalue weighted by Gasteiger charge is -2.17. The minimum Gasteiger partial charge on any atom is -0.375 e. The number of aromatic nitrogens is 3. The maximum absolute atomic E-state index is 13.6. The summed E-state index contributed by atoms with van der Waals surface area (Å²) >= 11 is 0. The zero-order chi connectivity index (χ0) is 30.5. The van der Waals surface area contributed by atoms with Crippen molar-refractivity contribution in [3.8, 4) is 39.9 Å². The Labute approximate surface area is 249 Å². The van der Waals surface area contributed by atoms with Crippen LogP contribution in [0.3, 0.4) is 0 Å². The fourth-order valence-corrected chi connectivity index (χ4v) is 5.74. The molecule has 0 amide bonds. The van der Waals surface area contributed by atoms with E-state index in [0.717, 1.165) is 16.2 Å². The molecule has 0 radical (unpaired) electrons. The van der Waals surface area contributed by atoms with Crippen LogP contribution in [0.1, 0.15) is 0 Å². The van der Waals surface area contributed by atoms with Gasteiger partial charge in [0.05, 0.1) is 5.56 Å². The minimum absolute atomic E-state index is 0.0393. The summed E-state index contributed by atoms with van der Waals surface area (Å²) in [4.78, 5) is 13.9. The van der Waals surface area contributed by atoms with Gasteiger partial charge in [-0.25, -0.2) is 15.0 Å². The van der Waals surface area contributed by atoms with Crippen molar-refractivity contribution in [2.24, 2.45) is 0 Å². The second-order valence-corrected chi connectivity index (χ2v) is 11.5. The number of hydrogen-bond donors (Lipinski definition) is 0. The van der Waals surface area contributed by atoms with Crippen LogP contribution in [0.25, 0.3) is 66.5 Å². The van der Waals surface area contributed by atoms with Crippen LogP contribution in [0.5, 0.6) is 5.75 Å². The van der Waals surface area contributed by atoms with Gasteiger partial charge < -0.3 is 4.18 Å². The van der Waals surface area contributed by atoms with Crippen LogP contribution >= 0.6 is 0 Å². The van der Waals surface area contributed by atoms with Crippen LogP contribution < -0.4 is 4.18 Å². The summed E-state index contributed by atoms with van der Waals surface area (Å²) < 4.78 is 70.6. The van der Waals surface area contributed by atoms with Gasteiger partial charge in [-0.3, -0.25) is 0 Å². The first-order chi connectivity index (χ1) is 21.2. The van der Waals surface area contributed by atoms with E-state index in [2.05, 4.69) is 15.0 Å². The van der Waals surface area contributed by atoms with Gasteiger partial charge in [-0.15, -0.1) is 0 Å². The van der Waals surface area contributed by atoms with Crippen molar-refractivity contribution in [2.45, 2.75) is 5.51 Å². The summed E-state index contributed by atoms with van der Waals surface area (Å²) in [6.45, 7) is 0. The standard InChI is InChI=1S/C34H20F3N3O3S/c35-34(36,37)44(41,42)43-30-20-28-26-18-10-8-16-24(26)23-15-7-9-17-25(23)27(28)19-29(30)33-39-31(21-11-3-1-4-12-21)38-32(40-33)22-13-5-2-6-14-22/h1-20H. The number of fused-ring (bicyclic) bond motifs is 6. The highest BCUT2D eigenvalue weighted by atomic mass is 32.2. The van der Waals surface area contributed by atoms with E-state index >= 15 is 0 Å². The fraction of sp³-hybridized carbons (Fsp3) is 0.0294. The van der Waals surface area contributed by atoms with Gasteiger partial charge >= 0.3 is 15.6 Å². The molecule has 0 fully saturated rings. The first kappa shape index (κ1) is 27.5. The number of hydrogen-bond acceptors (Lipinski definition) is 6. The molecule has 0 aliphatic rings. The molecule has 0 aliphatic carbocycles. The summed E-state index contributed by atoms with van der Waals surface area (Å²) in [6.07, 6.45) is 0. The molecule has 0 unspecified atom stereocenters. The van der Waals surface area contributed by atoms with Crippen LogP contribution in [0.4, 0.5) is 13.2 Å². The number of alkyl halides is 3. The molecule has 1 heterocycles. The molecule has 1 aromatic heterocycles. The Hall–Kier alpha value is -5.35. The summed E-state index contributed by atoms with van der Waals surface area (Å²) in [7, 11) is -6.04. The lowest BCUT2D eigenvalue weighted by molar-refractivity contribution is -0.0499. The number of nitrogens with zero attached hydrogens (tertiary/aromatic N) is 3. The van der Waals surface area contributed by atoms with Gasteiger partial charge in [0, 0.05) is 11.1 Å². The van der Waals surface area contributed by atoms with E-state index < -0.39 is 21.4 Å². The van der Waals surface area contributed by atoms with Crippen LogP contribution in [0, 0.1) is 0 Å². The Morgan fingerprint density at radius 3 is 1.34 bits per heavy atom. The van der Waals surface area contributed by atoms with Gasteiger partial charge in [0.25, 0.3) is 0 Å². The van der Waals surface area contributed by atoms with Crippen molar-refractivity contribution < 1.29 is 25.8 Å². The van der Waals surface area contributed by atoms with Crippen molar-refractivity contribution in [1.29, 1.82) is 0 Å². The van der Waals surface area contributed by atoms with Gasteiger partial charge in [0.1, 0.15) is 0 Å². The molecule has 6 nitrogen and oxygen atoms in total. The lowest BCUT2D eigenvalue weighted by Crippen LogP contribution is -2.28. The third-order valence-corrected chi connectivity index (χ3v) is 8.23. The zero-order valence-corrected chi connectivity index (χ0v) is 23.5. The molecule has 0 saturated carbocycles.